The summed E-state index contributed by atoms with van der Waals surface area (Å²) in [6, 6.07) is 2.59. The van der Waals surface area contributed by atoms with Gasteiger partial charge in [-0.15, -0.1) is 0 Å². The van der Waals surface area contributed by atoms with Crippen LogP contribution in [-0.2, 0) is 19.4 Å². The van der Waals surface area contributed by atoms with Crippen molar-refractivity contribution in [3.8, 4) is 0 Å². The molecule has 52 heavy (non-hydrogen) atoms. The third-order valence-corrected chi connectivity index (χ3v) is 11.9. The minimum Gasteiger partial charge on any atom is -0.205 e. The van der Waals surface area contributed by atoms with Crippen LogP contribution in [0.1, 0.15) is 289 Å². The van der Waals surface area contributed by atoms with Gasteiger partial charge in [0.05, 0.1) is 0 Å². The van der Waals surface area contributed by atoms with Gasteiger partial charge in [-0.05, 0) is 38.2 Å². The van der Waals surface area contributed by atoms with Crippen LogP contribution in [0.5, 0.6) is 0 Å². The minimum atomic E-state index is 1.22. The van der Waals surface area contributed by atoms with E-state index in [-0.39, 0.29) is 0 Å². The maximum Gasteiger partial charge on any atom is 0.171 e. The Labute approximate surface area is 330 Å². The molecule has 0 aliphatic carbocycles. The van der Waals surface area contributed by atoms with Crippen molar-refractivity contribution in [1.82, 2.24) is 0 Å². The Morgan fingerprint density at radius 1 is 0.269 bits per heavy atom. The predicted molar refractivity (Wildman–Crippen MR) is 236 cm³/mol. The summed E-state index contributed by atoms with van der Waals surface area (Å²) in [4.78, 5) is 0. The van der Waals surface area contributed by atoms with Crippen molar-refractivity contribution in [2.75, 3.05) is 0 Å². The number of aromatic nitrogens is 1. The molecular weight excluding hydrogens is 627 g/mol. The van der Waals surface area contributed by atoms with E-state index in [0.717, 1.165) is 0 Å². The molecule has 0 atom stereocenters. The van der Waals surface area contributed by atoms with Gasteiger partial charge in [0.15, 0.2) is 12.4 Å². The highest BCUT2D eigenvalue weighted by atomic mass is 14.9. The Balaban J connectivity index is 2.29. The average Bonchev–Trinajstić information content (AvgIpc) is 3.15. The van der Waals surface area contributed by atoms with Gasteiger partial charge in [-0.2, -0.15) is 0 Å². The number of nitrogens with zero attached hydrogens (tertiary/aromatic N) is 1. The van der Waals surface area contributed by atoms with Gasteiger partial charge in [0.2, 0.25) is 0 Å². The van der Waals surface area contributed by atoms with E-state index < -0.39 is 0 Å². The van der Waals surface area contributed by atoms with Crippen LogP contribution >= 0.6 is 0 Å². The summed E-state index contributed by atoms with van der Waals surface area (Å²) in [5.41, 5.74) is 3.22. The Morgan fingerprint density at radius 2 is 0.481 bits per heavy atom. The summed E-state index contributed by atoms with van der Waals surface area (Å²) >= 11 is 0. The van der Waals surface area contributed by atoms with Crippen LogP contribution in [0.2, 0.25) is 0 Å². The van der Waals surface area contributed by atoms with E-state index in [0.29, 0.717) is 0 Å². The first-order valence-electron chi connectivity index (χ1n) is 24.8. The lowest BCUT2D eigenvalue weighted by Gasteiger charge is -2.08. The van der Waals surface area contributed by atoms with Gasteiger partial charge >= 0.3 is 0 Å². The molecule has 0 amide bonds. The van der Waals surface area contributed by atoms with E-state index in [4.69, 9.17) is 0 Å². The van der Waals surface area contributed by atoms with Crippen LogP contribution in [0, 0.1) is 0 Å². The minimum absolute atomic E-state index is 1.22. The van der Waals surface area contributed by atoms with Crippen LogP contribution in [0.4, 0.5) is 0 Å². The van der Waals surface area contributed by atoms with Crippen LogP contribution < -0.4 is 4.57 Å². The van der Waals surface area contributed by atoms with Crippen molar-refractivity contribution in [3.63, 3.8) is 0 Å². The van der Waals surface area contributed by atoms with Gasteiger partial charge in [0.1, 0.15) is 6.54 Å². The summed E-state index contributed by atoms with van der Waals surface area (Å²) in [7, 11) is 0. The largest absolute Gasteiger partial charge is 0.205 e. The molecule has 0 unspecified atom stereocenters. The first-order valence-corrected chi connectivity index (χ1v) is 24.8. The molecule has 1 aromatic heterocycles. The molecule has 306 valence electrons. The number of rotatable bonds is 43. The highest BCUT2D eigenvalue weighted by Crippen LogP contribution is 2.17. The maximum absolute atomic E-state index is 2.59. The SMILES string of the molecule is CCCCCCCCCCCCCCCC[n+]1cc(CCCCCCCCCCCCCCC)cc(CCCCCCCCCCCCCCC)c1. The highest BCUT2D eigenvalue weighted by molar-refractivity contribution is 5.15. The third kappa shape index (κ3) is 34.9. The second-order valence-electron chi connectivity index (χ2n) is 17.4. The van der Waals surface area contributed by atoms with E-state index in [9.17, 15) is 0 Å². The van der Waals surface area contributed by atoms with Gasteiger partial charge in [-0.25, -0.2) is 4.57 Å². The molecule has 1 rings (SSSR count). The van der Waals surface area contributed by atoms with Gasteiger partial charge in [0.25, 0.3) is 0 Å². The predicted octanol–water partition coefficient (Wildman–Crippen LogP) is 17.7. The normalized spacial score (nSPS) is 11.6. The number of pyridine rings is 1. The second kappa shape index (κ2) is 41.3. The van der Waals surface area contributed by atoms with E-state index >= 15 is 0 Å². The van der Waals surface area contributed by atoms with Crippen molar-refractivity contribution in [1.29, 1.82) is 0 Å². The van der Waals surface area contributed by atoms with E-state index in [1.165, 1.54) is 276 Å². The van der Waals surface area contributed by atoms with E-state index in [1.807, 2.05) is 0 Å². The first kappa shape index (κ1) is 49.2. The molecule has 0 aromatic carbocycles. The molecule has 0 radical (unpaired) electrons. The molecule has 0 aliphatic rings. The van der Waals surface area contributed by atoms with Crippen molar-refractivity contribution in [2.45, 2.75) is 297 Å². The van der Waals surface area contributed by atoms with Gasteiger partial charge in [0, 0.05) is 17.5 Å². The summed E-state index contributed by atoms with van der Waals surface area (Å²) in [5.74, 6) is 0. The fourth-order valence-corrected chi connectivity index (χ4v) is 8.36. The van der Waals surface area contributed by atoms with Gasteiger partial charge in [-0.1, -0.05) is 252 Å². The van der Waals surface area contributed by atoms with Crippen molar-refractivity contribution in [2.24, 2.45) is 0 Å². The quantitative estimate of drug-likeness (QED) is 0.0466. The molecule has 0 saturated carbocycles. The van der Waals surface area contributed by atoms with Crippen LogP contribution in [0.25, 0.3) is 0 Å². The topological polar surface area (TPSA) is 3.88 Å². The Morgan fingerprint density at radius 3 is 0.731 bits per heavy atom. The van der Waals surface area contributed by atoms with Gasteiger partial charge < -0.3 is 0 Å². The molecule has 1 heterocycles. The lowest BCUT2D eigenvalue weighted by Crippen LogP contribution is -2.34. The number of hydrogen-bond donors (Lipinski definition) is 0. The monoisotopic (exact) mass is 725 g/mol. The molecule has 1 nitrogen and oxygen atoms in total. The van der Waals surface area contributed by atoms with Crippen LogP contribution in [0.3, 0.4) is 0 Å². The number of aryl methyl sites for hydroxylation is 3. The number of unbranched alkanes of at least 4 members (excludes halogenated alkanes) is 37. The molecule has 1 heteroatoms. The third-order valence-electron chi connectivity index (χ3n) is 11.9. The van der Waals surface area contributed by atoms with Crippen molar-refractivity contribution in [3.05, 3.63) is 29.6 Å². The molecule has 0 fully saturated rings. The molecule has 0 N–H and O–H groups in total. The Hall–Kier alpha value is -0.850. The molecule has 0 bridgehead atoms. The van der Waals surface area contributed by atoms with Crippen LogP contribution in [0.15, 0.2) is 18.5 Å². The highest BCUT2D eigenvalue weighted by Gasteiger charge is 2.09. The van der Waals surface area contributed by atoms with Crippen molar-refractivity contribution < 1.29 is 4.57 Å². The molecule has 0 spiro atoms. The molecule has 0 saturated heterocycles. The average molecular weight is 725 g/mol. The summed E-state index contributed by atoms with van der Waals surface area (Å²) < 4.78 is 2.59. The van der Waals surface area contributed by atoms with E-state index in [2.05, 4.69) is 43.8 Å². The molecule has 1 aromatic rings. The summed E-state index contributed by atoms with van der Waals surface area (Å²) in [6.07, 6.45) is 65.3. The lowest BCUT2D eigenvalue weighted by molar-refractivity contribution is -0.698. The van der Waals surface area contributed by atoms with Crippen LogP contribution in [-0.4, -0.2) is 0 Å². The maximum atomic E-state index is 2.59. The zero-order valence-corrected chi connectivity index (χ0v) is 36.6. The Bertz CT molecular complexity index is 765. The molecule has 0 aliphatic heterocycles. The smallest absolute Gasteiger partial charge is 0.171 e. The van der Waals surface area contributed by atoms with Crippen molar-refractivity contribution >= 4 is 0 Å². The first-order chi connectivity index (χ1) is 25.8. The fraction of sp³-hybridized carbons (Fsp3) is 0.902. The summed E-state index contributed by atoms with van der Waals surface area (Å²) in [5, 5.41) is 0. The number of hydrogen-bond acceptors (Lipinski definition) is 0. The standard InChI is InChI=1S/C51H98N/c1-4-7-10-13-16-19-22-25-28-31-34-37-40-43-46-52-48-50(44-41-38-35-32-29-26-23-20-17-14-11-8-5-2)47-51(49-52)45-42-39-36-33-30-27-24-21-18-15-12-9-6-3/h47-49H,4-46H2,1-3H3/q+1. The second-order valence-corrected chi connectivity index (χ2v) is 17.4. The molecular formula is C51H98N+. The lowest BCUT2D eigenvalue weighted by atomic mass is 10.0. The zero-order valence-electron chi connectivity index (χ0n) is 36.6. The Kier molecular flexibility index (Phi) is 39.1. The zero-order chi connectivity index (χ0) is 37.3. The summed E-state index contributed by atoms with van der Waals surface area (Å²) in [6.45, 7) is 8.17. The van der Waals surface area contributed by atoms with E-state index in [1.54, 1.807) is 11.1 Å². The van der Waals surface area contributed by atoms with Gasteiger partial charge in [-0.3, -0.25) is 0 Å². The fourth-order valence-electron chi connectivity index (χ4n) is 8.36.